The average molecular weight is 291 g/mol. The van der Waals surface area contributed by atoms with Gasteiger partial charge in [0.2, 0.25) is 0 Å². The van der Waals surface area contributed by atoms with Crippen molar-refractivity contribution in [3.05, 3.63) is 40.6 Å². The Kier molecular flexibility index (Phi) is 2.40. The molecule has 2 aromatic rings. The fourth-order valence-electron chi connectivity index (χ4n) is 3.16. The van der Waals surface area contributed by atoms with Crippen molar-refractivity contribution in [2.24, 2.45) is 0 Å². The SMILES string of the molecule is O=S1(=O)c2ccc(-c3ccsc3)cc2[C@@H]2CNC[C@H]21. The van der Waals surface area contributed by atoms with E-state index in [0.717, 1.165) is 17.7 Å². The van der Waals surface area contributed by atoms with Gasteiger partial charge >= 0.3 is 0 Å². The fraction of sp³-hybridized carbons (Fsp3) is 0.286. The number of benzene rings is 1. The van der Waals surface area contributed by atoms with Crippen LogP contribution in [0.25, 0.3) is 11.1 Å². The number of thiophene rings is 1. The van der Waals surface area contributed by atoms with Gasteiger partial charge in [-0.05, 0) is 45.6 Å². The average Bonchev–Trinajstić information content (AvgIpc) is 3.11. The number of hydrogen-bond donors (Lipinski definition) is 1. The molecule has 0 bridgehead atoms. The first-order chi connectivity index (χ1) is 9.18. The van der Waals surface area contributed by atoms with Crippen molar-refractivity contribution >= 4 is 21.2 Å². The van der Waals surface area contributed by atoms with Crippen LogP contribution < -0.4 is 5.32 Å². The highest BCUT2D eigenvalue weighted by atomic mass is 32.2. The molecule has 1 aromatic heterocycles. The normalized spacial score (nSPS) is 27.2. The van der Waals surface area contributed by atoms with Crippen LogP contribution in [0.3, 0.4) is 0 Å². The number of hydrogen-bond acceptors (Lipinski definition) is 4. The third-order valence-electron chi connectivity index (χ3n) is 4.13. The lowest BCUT2D eigenvalue weighted by atomic mass is 9.95. The molecule has 4 rings (SSSR count). The summed E-state index contributed by atoms with van der Waals surface area (Å²) in [6.07, 6.45) is 0. The van der Waals surface area contributed by atoms with Gasteiger partial charge < -0.3 is 5.32 Å². The second-order valence-electron chi connectivity index (χ2n) is 5.11. The number of nitrogens with one attached hydrogen (secondary N) is 1. The monoisotopic (exact) mass is 291 g/mol. The highest BCUT2D eigenvalue weighted by molar-refractivity contribution is 7.92. The molecule has 3 heterocycles. The summed E-state index contributed by atoms with van der Waals surface area (Å²) in [6.45, 7) is 1.35. The maximum absolute atomic E-state index is 12.4. The first-order valence-electron chi connectivity index (χ1n) is 6.29. The summed E-state index contributed by atoms with van der Waals surface area (Å²) in [4.78, 5) is 0.544. The van der Waals surface area contributed by atoms with E-state index in [2.05, 4.69) is 22.8 Å². The second-order valence-corrected chi connectivity index (χ2v) is 8.03. The van der Waals surface area contributed by atoms with Gasteiger partial charge in [0.25, 0.3) is 0 Å². The lowest BCUT2D eigenvalue weighted by molar-refractivity contribution is 0.587. The van der Waals surface area contributed by atoms with Gasteiger partial charge in [-0.15, -0.1) is 0 Å². The van der Waals surface area contributed by atoms with E-state index in [4.69, 9.17) is 0 Å². The van der Waals surface area contributed by atoms with Crippen LogP contribution in [-0.2, 0) is 9.84 Å². The Hall–Kier alpha value is -1.17. The Balaban J connectivity index is 1.92. The molecule has 1 aromatic carbocycles. The van der Waals surface area contributed by atoms with Gasteiger partial charge in [-0.2, -0.15) is 11.3 Å². The van der Waals surface area contributed by atoms with Gasteiger partial charge in [0.15, 0.2) is 9.84 Å². The smallest absolute Gasteiger partial charge is 0.183 e. The Morgan fingerprint density at radius 3 is 2.84 bits per heavy atom. The fourth-order valence-corrected chi connectivity index (χ4v) is 5.96. The molecule has 2 atom stereocenters. The van der Waals surface area contributed by atoms with Gasteiger partial charge in [-0.3, -0.25) is 0 Å². The summed E-state index contributed by atoms with van der Waals surface area (Å²) in [5.41, 5.74) is 3.28. The largest absolute Gasteiger partial charge is 0.315 e. The highest BCUT2D eigenvalue weighted by Gasteiger charge is 2.47. The molecule has 19 heavy (non-hydrogen) atoms. The van der Waals surface area contributed by atoms with Crippen molar-refractivity contribution < 1.29 is 8.42 Å². The zero-order valence-corrected chi connectivity index (χ0v) is 11.8. The molecule has 0 amide bonds. The first kappa shape index (κ1) is 11.6. The van der Waals surface area contributed by atoms with Crippen molar-refractivity contribution in [2.45, 2.75) is 16.1 Å². The van der Waals surface area contributed by atoms with Crippen LogP contribution in [0.2, 0.25) is 0 Å². The Bertz CT molecular complexity index is 735. The molecule has 98 valence electrons. The number of rotatable bonds is 1. The quantitative estimate of drug-likeness (QED) is 0.876. The third-order valence-corrected chi connectivity index (χ3v) is 7.09. The summed E-state index contributed by atoms with van der Waals surface area (Å²) in [5, 5.41) is 7.07. The van der Waals surface area contributed by atoms with E-state index in [1.165, 1.54) is 5.56 Å². The van der Waals surface area contributed by atoms with Gasteiger partial charge in [-0.25, -0.2) is 8.42 Å². The summed E-state index contributed by atoms with van der Waals surface area (Å²) >= 11 is 1.66. The highest BCUT2D eigenvalue weighted by Crippen LogP contribution is 2.43. The molecule has 1 N–H and O–H groups in total. The van der Waals surface area contributed by atoms with Crippen LogP contribution in [0.1, 0.15) is 11.5 Å². The van der Waals surface area contributed by atoms with Gasteiger partial charge in [-0.1, -0.05) is 6.07 Å². The molecule has 2 aliphatic heterocycles. The van der Waals surface area contributed by atoms with Gasteiger partial charge in [0, 0.05) is 19.0 Å². The van der Waals surface area contributed by atoms with Crippen molar-refractivity contribution in [2.75, 3.05) is 13.1 Å². The van der Waals surface area contributed by atoms with Crippen LogP contribution in [0.4, 0.5) is 0 Å². The minimum absolute atomic E-state index is 0.124. The van der Waals surface area contributed by atoms with E-state index < -0.39 is 9.84 Å². The molecule has 0 unspecified atom stereocenters. The molecule has 0 radical (unpaired) electrons. The standard InChI is InChI=1S/C14H13NO2S2/c16-19(17)13-2-1-9(10-3-4-18-8-10)5-11(13)12-6-15-7-14(12)19/h1-5,8,12,14-15H,6-7H2/t12-,14+/m0/s1. The van der Waals surface area contributed by atoms with E-state index in [1.54, 1.807) is 17.4 Å². The molecule has 5 heteroatoms. The topological polar surface area (TPSA) is 46.2 Å². The van der Waals surface area contributed by atoms with E-state index in [9.17, 15) is 8.42 Å². The van der Waals surface area contributed by atoms with E-state index in [1.807, 2.05) is 11.4 Å². The Morgan fingerprint density at radius 2 is 2.05 bits per heavy atom. The van der Waals surface area contributed by atoms with Crippen molar-refractivity contribution in [3.8, 4) is 11.1 Å². The van der Waals surface area contributed by atoms with Crippen molar-refractivity contribution in [1.29, 1.82) is 0 Å². The maximum Gasteiger partial charge on any atom is 0.183 e. The predicted octanol–water partition coefficient (Wildman–Crippen LogP) is 2.26. The summed E-state index contributed by atoms with van der Waals surface area (Å²) < 4.78 is 24.9. The second kappa shape index (κ2) is 3.91. The molecule has 0 spiro atoms. The molecule has 1 fully saturated rings. The van der Waals surface area contributed by atoms with E-state index >= 15 is 0 Å². The number of fused-ring (bicyclic) bond motifs is 3. The molecule has 0 saturated carbocycles. The third kappa shape index (κ3) is 1.55. The zero-order valence-electron chi connectivity index (χ0n) is 10.2. The van der Waals surface area contributed by atoms with Crippen molar-refractivity contribution in [1.82, 2.24) is 5.32 Å². The van der Waals surface area contributed by atoms with E-state index in [0.29, 0.717) is 11.4 Å². The molecular formula is C14H13NO2S2. The van der Waals surface area contributed by atoms with Crippen LogP contribution in [0.15, 0.2) is 39.9 Å². The zero-order chi connectivity index (χ0) is 13.0. The van der Waals surface area contributed by atoms with E-state index in [-0.39, 0.29) is 11.2 Å². The lowest BCUT2D eigenvalue weighted by Crippen LogP contribution is -2.22. The van der Waals surface area contributed by atoms with Gasteiger partial charge in [0.1, 0.15) is 0 Å². The molecule has 3 nitrogen and oxygen atoms in total. The molecular weight excluding hydrogens is 278 g/mol. The van der Waals surface area contributed by atoms with Crippen molar-refractivity contribution in [3.63, 3.8) is 0 Å². The molecule has 2 aliphatic rings. The van der Waals surface area contributed by atoms with Gasteiger partial charge in [0.05, 0.1) is 10.1 Å². The molecule has 1 saturated heterocycles. The van der Waals surface area contributed by atoms with Crippen LogP contribution in [0.5, 0.6) is 0 Å². The maximum atomic E-state index is 12.4. The van der Waals surface area contributed by atoms with Crippen LogP contribution in [0, 0.1) is 0 Å². The first-order valence-corrected chi connectivity index (χ1v) is 8.78. The van der Waals surface area contributed by atoms with Crippen LogP contribution in [-0.4, -0.2) is 26.8 Å². The predicted molar refractivity (Wildman–Crippen MR) is 76.3 cm³/mol. The summed E-state index contributed by atoms with van der Waals surface area (Å²) in [7, 11) is -3.13. The molecule has 0 aliphatic carbocycles. The lowest BCUT2D eigenvalue weighted by Gasteiger charge is -2.07. The van der Waals surface area contributed by atoms with Crippen LogP contribution >= 0.6 is 11.3 Å². The summed E-state index contributed by atoms with van der Waals surface area (Å²) in [5.74, 6) is 0.124. The minimum atomic E-state index is -3.13. The minimum Gasteiger partial charge on any atom is -0.315 e. The number of sulfone groups is 1. The summed E-state index contributed by atoms with van der Waals surface area (Å²) in [6, 6.07) is 7.84. The Labute approximate surface area is 116 Å². The Morgan fingerprint density at radius 1 is 1.16 bits per heavy atom.